The number of nitrogens with one attached hydrogen (secondary N) is 1. The van der Waals surface area contributed by atoms with E-state index in [4.69, 9.17) is 0 Å². The van der Waals surface area contributed by atoms with Gasteiger partial charge >= 0.3 is 0 Å². The first-order valence-electron chi connectivity index (χ1n) is 7.78. The van der Waals surface area contributed by atoms with Gasteiger partial charge in [0.15, 0.2) is 5.96 Å². The fourth-order valence-corrected chi connectivity index (χ4v) is 4.33. The van der Waals surface area contributed by atoms with Crippen molar-refractivity contribution >= 4 is 51.3 Å². The van der Waals surface area contributed by atoms with Crippen LogP contribution in [-0.4, -0.2) is 63.6 Å². The Morgan fingerprint density at radius 3 is 2.62 bits per heavy atom. The number of rotatable bonds is 5. The van der Waals surface area contributed by atoms with Crippen LogP contribution in [-0.2, 0) is 16.6 Å². The van der Waals surface area contributed by atoms with Crippen LogP contribution in [0.1, 0.15) is 18.4 Å². The monoisotopic (exact) mass is 486 g/mol. The first-order valence-corrected chi connectivity index (χ1v) is 10.6. The van der Waals surface area contributed by atoms with Crippen LogP contribution in [0.25, 0.3) is 0 Å². The van der Waals surface area contributed by atoms with Gasteiger partial charge in [0.05, 0.1) is 6.26 Å². The normalized spacial score (nSPS) is 17.4. The SMILES string of the molecule is CN=C(NCC1CCN(S(C)(=O)=O)CC1)N(C)Cc1ccsc1.I. The van der Waals surface area contributed by atoms with Gasteiger partial charge < -0.3 is 10.2 Å². The fourth-order valence-electron chi connectivity index (χ4n) is 2.80. The molecule has 9 heteroatoms. The highest BCUT2D eigenvalue weighted by Crippen LogP contribution is 2.18. The van der Waals surface area contributed by atoms with Crippen LogP contribution in [0.5, 0.6) is 0 Å². The molecule has 1 aromatic heterocycles. The van der Waals surface area contributed by atoms with Crippen LogP contribution in [0, 0.1) is 5.92 Å². The minimum Gasteiger partial charge on any atom is -0.356 e. The molecule has 1 aliphatic rings. The molecule has 0 bridgehead atoms. The molecule has 2 rings (SSSR count). The molecule has 1 fully saturated rings. The molecule has 1 saturated heterocycles. The van der Waals surface area contributed by atoms with E-state index in [0.29, 0.717) is 19.0 Å². The summed E-state index contributed by atoms with van der Waals surface area (Å²) < 4.78 is 24.6. The molecule has 0 atom stereocenters. The number of thiophene rings is 1. The highest BCUT2D eigenvalue weighted by Gasteiger charge is 2.25. The van der Waals surface area contributed by atoms with Gasteiger partial charge in [0.1, 0.15) is 0 Å². The second kappa shape index (κ2) is 9.93. The van der Waals surface area contributed by atoms with E-state index in [1.165, 1.54) is 11.8 Å². The topological polar surface area (TPSA) is 65.0 Å². The molecule has 1 aromatic rings. The minimum atomic E-state index is -3.05. The molecule has 0 aliphatic carbocycles. The standard InChI is InChI=1S/C15H26N4O2S2.HI/c1-16-15(18(2)11-14-6-9-22-12-14)17-10-13-4-7-19(8-5-13)23(3,20)21;/h6,9,12-13H,4-5,7-8,10-11H2,1-3H3,(H,16,17);1H. The predicted molar refractivity (Wildman–Crippen MR) is 112 cm³/mol. The summed E-state index contributed by atoms with van der Waals surface area (Å²) in [5, 5.41) is 7.64. The van der Waals surface area contributed by atoms with Crippen molar-refractivity contribution in [3.8, 4) is 0 Å². The van der Waals surface area contributed by atoms with Crippen molar-refractivity contribution in [2.24, 2.45) is 10.9 Å². The third-order valence-corrected chi connectivity index (χ3v) is 6.20. The molecule has 0 saturated carbocycles. The molecule has 1 aliphatic heterocycles. The first-order chi connectivity index (χ1) is 10.9. The van der Waals surface area contributed by atoms with E-state index in [1.54, 1.807) is 22.7 Å². The Labute approximate surface area is 166 Å². The summed E-state index contributed by atoms with van der Waals surface area (Å²) >= 11 is 1.70. The van der Waals surface area contributed by atoms with E-state index < -0.39 is 10.0 Å². The Morgan fingerprint density at radius 2 is 2.12 bits per heavy atom. The Kier molecular flexibility index (Phi) is 8.96. The molecule has 1 N–H and O–H groups in total. The molecule has 24 heavy (non-hydrogen) atoms. The lowest BCUT2D eigenvalue weighted by atomic mass is 9.98. The number of halogens is 1. The number of nitrogens with zero attached hydrogens (tertiary/aromatic N) is 3. The van der Waals surface area contributed by atoms with Crippen LogP contribution in [0.3, 0.4) is 0 Å². The summed E-state index contributed by atoms with van der Waals surface area (Å²) in [4.78, 5) is 6.44. The molecule has 0 spiro atoms. The summed E-state index contributed by atoms with van der Waals surface area (Å²) in [5.41, 5.74) is 1.28. The van der Waals surface area contributed by atoms with Gasteiger partial charge in [0, 0.05) is 40.3 Å². The number of aliphatic imine (C=N–C) groups is 1. The highest BCUT2D eigenvalue weighted by atomic mass is 127. The lowest BCUT2D eigenvalue weighted by Crippen LogP contribution is -2.44. The second-order valence-electron chi connectivity index (χ2n) is 6.02. The Hall–Kier alpha value is -0.390. The molecule has 0 amide bonds. The summed E-state index contributed by atoms with van der Waals surface area (Å²) in [6.07, 6.45) is 3.07. The van der Waals surface area contributed by atoms with Crippen molar-refractivity contribution in [2.45, 2.75) is 19.4 Å². The highest BCUT2D eigenvalue weighted by molar-refractivity contribution is 14.0. The first kappa shape index (κ1) is 21.7. The quantitative estimate of drug-likeness (QED) is 0.393. The average molecular weight is 486 g/mol. The Morgan fingerprint density at radius 1 is 1.46 bits per heavy atom. The van der Waals surface area contributed by atoms with E-state index in [1.807, 2.05) is 7.05 Å². The van der Waals surface area contributed by atoms with Crippen LogP contribution in [0.2, 0.25) is 0 Å². The average Bonchev–Trinajstić information content (AvgIpc) is 3.00. The van der Waals surface area contributed by atoms with Crippen LogP contribution < -0.4 is 5.32 Å². The smallest absolute Gasteiger partial charge is 0.211 e. The van der Waals surface area contributed by atoms with Gasteiger partial charge in [-0.1, -0.05) is 0 Å². The van der Waals surface area contributed by atoms with Crippen LogP contribution >= 0.6 is 35.3 Å². The molecule has 138 valence electrons. The zero-order valence-corrected chi connectivity index (χ0v) is 18.4. The fraction of sp³-hybridized carbons (Fsp3) is 0.667. The van der Waals surface area contributed by atoms with Gasteiger partial charge in [0.25, 0.3) is 0 Å². The number of sulfonamides is 1. The summed E-state index contributed by atoms with van der Waals surface area (Å²) in [7, 11) is 0.772. The third kappa shape index (κ3) is 6.49. The van der Waals surface area contributed by atoms with E-state index >= 15 is 0 Å². The van der Waals surface area contributed by atoms with Crippen molar-refractivity contribution < 1.29 is 8.42 Å². The Bertz CT molecular complexity index is 611. The van der Waals surface area contributed by atoms with Gasteiger partial charge in [0.2, 0.25) is 10.0 Å². The lowest BCUT2D eigenvalue weighted by molar-refractivity contribution is 0.273. The summed E-state index contributed by atoms with van der Waals surface area (Å²) in [6.45, 7) is 2.90. The van der Waals surface area contributed by atoms with E-state index in [9.17, 15) is 8.42 Å². The minimum absolute atomic E-state index is 0. The molecular weight excluding hydrogens is 459 g/mol. The second-order valence-corrected chi connectivity index (χ2v) is 8.78. The number of hydrogen-bond acceptors (Lipinski definition) is 4. The maximum absolute atomic E-state index is 11.5. The summed E-state index contributed by atoms with van der Waals surface area (Å²) in [5.74, 6) is 1.36. The van der Waals surface area contributed by atoms with Crippen molar-refractivity contribution in [3.05, 3.63) is 22.4 Å². The van der Waals surface area contributed by atoms with Crippen LogP contribution in [0.4, 0.5) is 0 Å². The molecule has 2 heterocycles. The maximum Gasteiger partial charge on any atom is 0.211 e. The van der Waals surface area contributed by atoms with Gasteiger partial charge in [-0.3, -0.25) is 4.99 Å². The summed E-state index contributed by atoms with van der Waals surface area (Å²) in [6, 6.07) is 2.12. The van der Waals surface area contributed by atoms with Crippen molar-refractivity contribution in [2.75, 3.05) is 40.0 Å². The zero-order valence-electron chi connectivity index (χ0n) is 14.4. The lowest BCUT2D eigenvalue weighted by Gasteiger charge is -2.31. The Balaban J connectivity index is 0.00000288. The van der Waals surface area contributed by atoms with E-state index in [0.717, 1.165) is 31.9 Å². The number of guanidine groups is 1. The van der Waals surface area contributed by atoms with Gasteiger partial charge in [-0.15, -0.1) is 24.0 Å². The zero-order chi connectivity index (χ0) is 16.9. The number of hydrogen-bond donors (Lipinski definition) is 1. The molecular formula is C15H27IN4O2S2. The largest absolute Gasteiger partial charge is 0.356 e. The van der Waals surface area contributed by atoms with Gasteiger partial charge in [-0.2, -0.15) is 11.3 Å². The van der Waals surface area contributed by atoms with Crippen molar-refractivity contribution in [3.63, 3.8) is 0 Å². The predicted octanol–water partition coefficient (Wildman–Crippen LogP) is 2.04. The number of piperidine rings is 1. The molecule has 0 aromatic carbocycles. The van der Waals surface area contributed by atoms with Crippen LogP contribution in [0.15, 0.2) is 21.8 Å². The maximum atomic E-state index is 11.5. The van der Waals surface area contributed by atoms with E-state index in [-0.39, 0.29) is 24.0 Å². The molecule has 6 nitrogen and oxygen atoms in total. The van der Waals surface area contributed by atoms with Crippen molar-refractivity contribution in [1.29, 1.82) is 0 Å². The van der Waals surface area contributed by atoms with Gasteiger partial charge in [-0.05, 0) is 41.1 Å². The van der Waals surface area contributed by atoms with Crippen molar-refractivity contribution in [1.82, 2.24) is 14.5 Å². The third-order valence-electron chi connectivity index (χ3n) is 4.16. The molecule has 0 unspecified atom stereocenters. The van der Waals surface area contributed by atoms with E-state index in [2.05, 4.69) is 32.0 Å². The molecule has 0 radical (unpaired) electrons. The van der Waals surface area contributed by atoms with Gasteiger partial charge in [-0.25, -0.2) is 12.7 Å².